The van der Waals surface area contributed by atoms with Gasteiger partial charge in [0.05, 0.1) is 35.8 Å². The number of piperazine rings is 2. The maximum Gasteiger partial charge on any atom is 0.266 e. The molecule has 7 rings (SSSR count). The normalized spacial score (nSPS) is 15.5. The molecule has 54 heavy (non-hydrogen) atoms. The Labute approximate surface area is 318 Å². The third-order valence-electron chi connectivity index (χ3n) is 9.57. The highest BCUT2D eigenvalue weighted by Crippen LogP contribution is 2.28. The molecule has 2 saturated heterocycles. The van der Waals surface area contributed by atoms with Gasteiger partial charge in [0.1, 0.15) is 17.3 Å². The maximum atomic E-state index is 14.4. The van der Waals surface area contributed by atoms with E-state index in [9.17, 15) is 14.4 Å². The lowest BCUT2D eigenvalue weighted by molar-refractivity contribution is -0.135. The van der Waals surface area contributed by atoms with Gasteiger partial charge < -0.3 is 19.3 Å². The lowest BCUT2D eigenvalue weighted by Gasteiger charge is -2.35. The fraction of sp³-hybridized carbons (Fsp3) is 0.350. The summed E-state index contributed by atoms with van der Waals surface area (Å²) in [5.74, 6) is 2.11. The van der Waals surface area contributed by atoms with Gasteiger partial charge in [-0.25, -0.2) is 15.0 Å². The SMILES string of the molecule is CC(C)Oc1ccc(C(=O)CN2CCN(c3ncccn3)CC2)cc1-n1c(CN2CCN(C(=O)COc3ccc(Cl)cc3)CC2)nc2ccccc2c1=O. The summed E-state index contributed by atoms with van der Waals surface area (Å²) in [5.41, 5.74) is 1.28. The number of halogens is 1. The number of hydrogen-bond acceptors (Lipinski definition) is 11. The number of benzene rings is 3. The Bertz CT molecular complexity index is 2150. The number of amides is 1. The molecule has 0 bridgehead atoms. The number of para-hydroxylation sites is 1. The van der Waals surface area contributed by atoms with E-state index >= 15 is 0 Å². The third kappa shape index (κ3) is 8.70. The van der Waals surface area contributed by atoms with Gasteiger partial charge in [-0.05, 0) is 74.5 Å². The lowest BCUT2D eigenvalue weighted by atomic mass is 10.1. The van der Waals surface area contributed by atoms with E-state index in [-0.39, 0.29) is 36.5 Å². The largest absolute Gasteiger partial charge is 0.489 e. The summed E-state index contributed by atoms with van der Waals surface area (Å²) in [4.78, 5) is 63.1. The molecule has 0 spiro atoms. The molecule has 2 aliphatic heterocycles. The highest BCUT2D eigenvalue weighted by molar-refractivity contribution is 6.30. The molecule has 0 radical (unpaired) electrons. The van der Waals surface area contributed by atoms with Gasteiger partial charge >= 0.3 is 0 Å². The summed E-state index contributed by atoms with van der Waals surface area (Å²) in [6.45, 7) is 9.32. The summed E-state index contributed by atoms with van der Waals surface area (Å²) < 4.78 is 13.5. The fourth-order valence-corrected chi connectivity index (χ4v) is 6.86. The van der Waals surface area contributed by atoms with Gasteiger partial charge in [-0.15, -0.1) is 0 Å². The number of carbonyl (C=O) groups excluding carboxylic acids is 2. The number of rotatable bonds is 12. The van der Waals surface area contributed by atoms with Crippen molar-refractivity contribution in [2.75, 3.05) is 70.4 Å². The first-order valence-corrected chi connectivity index (χ1v) is 18.6. The number of hydrogen-bond donors (Lipinski definition) is 0. The number of ether oxygens (including phenoxy) is 2. The zero-order valence-electron chi connectivity index (χ0n) is 30.4. The van der Waals surface area contributed by atoms with E-state index in [4.69, 9.17) is 26.1 Å². The molecule has 2 aromatic heterocycles. The van der Waals surface area contributed by atoms with Crippen LogP contribution in [-0.2, 0) is 11.3 Å². The van der Waals surface area contributed by atoms with Crippen molar-refractivity contribution in [3.05, 3.63) is 112 Å². The first-order valence-electron chi connectivity index (χ1n) is 18.2. The van der Waals surface area contributed by atoms with Gasteiger partial charge in [0.15, 0.2) is 12.4 Å². The van der Waals surface area contributed by atoms with Crippen LogP contribution < -0.4 is 19.9 Å². The van der Waals surface area contributed by atoms with Crippen molar-refractivity contribution >= 4 is 40.1 Å². The van der Waals surface area contributed by atoms with E-state index in [1.807, 2.05) is 32.0 Å². The van der Waals surface area contributed by atoms with Crippen molar-refractivity contribution in [3.63, 3.8) is 0 Å². The average molecular weight is 751 g/mol. The fourth-order valence-electron chi connectivity index (χ4n) is 6.73. The average Bonchev–Trinajstić information content (AvgIpc) is 3.19. The quantitative estimate of drug-likeness (QED) is 0.169. The highest BCUT2D eigenvalue weighted by atomic mass is 35.5. The Kier molecular flexibility index (Phi) is 11.5. The van der Waals surface area contributed by atoms with Crippen LogP contribution in [0.25, 0.3) is 16.6 Å². The predicted octanol–water partition coefficient (Wildman–Crippen LogP) is 4.34. The number of fused-ring (bicyclic) bond motifs is 1. The van der Waals surface area contributed by atoms with Crippen LogP contribution in [0.2, 0.25) is 5.02 Å². The van der Waals surface area contributed by atoms with Crippen LogP contribution in [-0.4, -0.2) is 118 Å². The number of ketones is 1. The van der Waals surface area contributed by atoms with E-state index in [2.05, 4.69) is 24.7 Å². The van der Waals surface area contributed by atoms with Crippen molar-refractivity contribution in [2.45, 2.75) is 26.5 Å². The lowest BCUT2D eigenvalue weighted by Crippen LogP contribution is -2.50. The first kappa shape index (κ1) is 37.0. The van der Waals surface area contributed by atoms with Crippen molar-refractivity contribution in [1.29, 1.82) is 0 Å². The Balaban J connectivity index is 1.10. The molecule has 1 amide bonds. The molecular weight excluding hydrogens is 708 g/mol. The van der Waals surface area contributed by atoms with Crippen molar-refractivity contribution < 1.29 is 19.1 Å². The van der Waals surface area contributed by atoms with Crippen LogP contribution in [0.5, 0.6) is 11.5 Å². The van der Waals surface area contributed by atoms with E-state index < -0.39 is 0 Å². The van der Waals surface area contributed by atoms with E-state index in [0.717, 1.165) is 0 Å². The number of Topliss-reactive ketones (excluding diaryl/α,β-unsaturated/α-hetero) is 1. The van der Waals surface area contributed by atoms with Crippen LogP contribution in [0.4, 0.5) is 5.95 Å². The zero-order chi connectivity index (χ0) is 37.6. The molecule has 5 aromatic rings. The third-order valence-corrected chi connectivity index (χ3v) is 9.82. The number of anilines is 1. The van der Waals surface area contributed by atoms with E-state index in [1.165, 1.54) is 0 Å². The van der Waals surface area contributed by atoms with Gasteiger partial charge in [0, 0.05) is 75.3 Å². The summed E-state index contributed by atoms with van der Waals surface area (Å²) in [5, 5.41) is 1.06. The van der Waals surface area contributed by atoms with E-state index in [1.54, 1.807) is 76.5 Å². The molecule has 2 aliphatic rings. The minimum Gasteiger partial charge on any atom is -0.489 e. The minimum absolute atomic E-state index is 0.0547. The standard InChI is InChI=1S/C40H43ClN8O5/c1-28(2)54-36-13-8-29(35(50)25-45-18-22-48(23-19-45)40-42-14-5-15-43-40)24-34(36)49-37(44-33-7-4-3-6-32(33)39(49)52)26-46-16-20-47(21-17-46)38(51)27-53-31-11-9-30(41)10-12-31/h3-15,24,28H,16-23,25-27H2,1-2H3. The number of aromatic nitrogens is 4. The molecule has 4 heterocycles. The molecule has 3 aromatic carbocycles. The topological polar surface area (TPSA) is 126 Å². The van der Waals surface area contributed by atoms with Gasteiger partial charge in [0.25, 0.3) is 11.5 Å². The predicted molar refractivity (Wildman–Crippen MR) is 207 cm³/mol. The second kappa shape index (κ2) is 16.8. The number of nitrogens with zero attached hydrogens (tertiary/aromatic N) is 8. The monoisotopic (exact) mass is 750 g/mol. The van der Waals surface area contributed by atoms with Crippen LogP contribution in [0.1, 0.15) is 30.0 Å². The number of carbonyl (C=O) groups is 2. The summed E-state index contributed by atoms with van der Waals surface area (Å²) >= 11 is 5.96. The van der Waals surface area contributed by atoms with Crippen LogP contribution in [0.3, 0.4) is 0 Å². The van der Waals surface area contributed by atoms with Gasteiger partial charge in [0.2, 0.25) is 5.95 Å². The molecule has 2 fully saturated rings. The molecule has 13 nitrogen and oxygen atoms in total. The van der Waals surface area contributed by atoms with E-state index in [0.29, 0.717) is 109 Å². The minimum atomic E-state index is -0.249. The zero-order valence-corrected chi connectivity index (χ0v) is 31.2. The molecule has 14 heteroatoms. The Morgan fingerprint density at radius 1 is 0.833 bits per heavy atom. The summed E-state index contributed by atoms with van der Waals surface area (Å²) in [6, 6.07) is 21.3. The second-order valence-corrected chi connectivity index (χ2v) is 14.1. The molecule has 0 aliphatic carbocycles. The Morgan fingerprint density at radius 3 is 2.26 bits per heavy atom. The van der Waals surface area contributed by atoms with Crippen LogP contribution in [0, 0.1) is 0 Å². The molecular formula is C40H43ClN8O5. The molecule has 280 valence electrons. The smallest absolute Gasteiger partial charge is 0.266 e. The molecule has 0 saturated carbocycles. The Morgan fingerprint density at radius 2 is 1.54 bits per heavy atom. The van der Waals surface area contributed by atoms with Gasteiger partial charge in [-0.1, -0.05) is 23.7 Å². The molecule has 0 N–H and O–H groups in total. The Hall–Kier alpha value is -5.37. The first-order chi connectivity index (χ1) is 26.2. The van der Waals surface area contributed by atoms with Gasteiger partial charge in [-0.2, -0.15) is 0 Å². The van der Waals surface area contributed by atoms with Crippen molar-refractivity contribution in [2.24, 2.45) is 0 Å². The second-order valence-electron chi connectivity index (χ2n) is 13.7. The van der Waals surface area contributed by atoms with Crippen LogP contribution in [0.15, 0.2) is 90.0 Å². The molecule has 0 atom stereocenters. The van der Waals surface area contributed by atoms with Crippen molar-refractivity contribution in [1.82, 2.24) is 34.2 Å². The van der Waals surface area contributed by atoms with Crippen LogP contribution >= 0.6 is 11.6 Å². The summed E-state index contributed by atoms with van der Waals surface area (Å²) in [6.07, 6.45) is 3.28. The highest BCUT2D eigenvalue weighted by Gasteiger charge is 2.26. The van der Waals surface area contributed by atoms with Crippen molar-refractivity contribution in [3.8, 4) is 17.2 Å². The summed E-state index contributed by atoms with van der Waals surface area (Å²) in [7, 11) is 0. The maximum absolute atomic E-state index is 14.4. The molecule has 0 unspecified atom stereocenters. The van der Waals surface area contributed by atoms with Gasteiger partial charge in [-0.3, -0.25) is 28.8 Å².